The van der Waals surface area contributed by atoms with Crippen molar-refractivity contribution in [3.63, 3.8) is 0 Å². The molecule has 3 atom stereocenters. The number of hydrogen-bond acceptors (Lipinski definition) is 3. The molecule has 0 radical (unpaired) electrons. The molecule has 0 spiro atoms. The molecule has 2 aliphatic rings. The number of rotatable bonds is 1. The summed E-state index contributed by atoms with van der Waals surface area (Å²) in [5.74, 6) is 0.283. The molecule has 4 nitrogen and oxygen atoms in total. The lowest BCUT2D eigenvalue weighted by atomic mass is 9.71. The van der Waals surface area contributed by atoms with Crippen LogP contribution in [0.2, 0.25) is 0 Å². The number of nitrogens with two attached hydrogens (primary N) is 1. The van der Waals surface area contributed by atoms with Crippen LogP contribution in [0.3, 0.4) is 0 Å². The van der Waals surface area contributed by atoms with Gasteiger partial charge in [-0.05, 0) is 26.2 Å². The first-order chi connectivity index (χ1) is 7.53. The second kappa shape index (κ2) is 4.34. The van der Waals surface area contributed by atoms with Crippen LogP contribution in [-0.4, -0.2) is 40.6 Å². The van der Waals surface area contributed by atoms with Crippen LogP contribution in [0.15, 0.2) is 0 Å². The summed E-state index contributed by atoms with van der Waals surface area (Å²) in [6, 6.07) is -0.421. The molecule has 2 fully saturated rings. The Morgan fingerprint density at radius 2 is 2.25 bits per heavy atom. The summed E-state index contributed by atoms with van der Waals surface area (Å²) in [5.41, 5.74) is 5.11. The van der Waals surface area contributed by atoms with Crippen LogP contribution < -0.4 is 5.73 Å². The monoisotopic (exact) mass is 226 g/mol. The molecule has 4 heteroatoms. The summed E-state index contributed by atoms with van der Waals surface area (Å²) >= 11 is 0. The Morgan fingerprint density at radius 3 is 2.94 bits per heavy atom. The SMILES string of the molecule is CC(N)C(=O)N1CCC2(O)CCCCC2C1. The summed E-state index contributed by atoms with van der Waals surface area (Å²) in [7, 11) is 0. The van der Waals surface area contributed by atoms with Crippen molar-refractivity contribution in [1.82, 2.24) is 4.90 Å². The van der Waals surface area contributed by atoms with E-state index < -0.39 is 11.6 Å². The normalized spacial score (nSPS) is 36.7. The van der Waals surface area contributed by atoms with Gasteiger partial charge in [0.05, 0.1) is 11.6 Å². The van der Waals surface area contributed by atoms with Gasteiger partial charge in [-0.25, -0.2) is 0 Å². The van der Waals surface area contributed by atoms with Gasteiger partial charge in [0.2, 0.25) is 5.91 Å². The molecular weight excluding hydrogens is 204 g/mol. The average Bonchev–Trinajstić information content (AvgIpc) is 2.26. The minimum absolute atomic E-state index is 0.0209. The van der Waals surface area contributed by atoms with E-state index >= 15 is 0 Å². The third-order valence-electron chi connectivity index (χ3n) is 4.13. The van der Waals surface area contributed by atoms with E-state index in [9.17, 15) is 9.90 Å². The Hall–Kier alpha value is -0.610. The molecule has 3 N–H and O–H groups in total. The zero-order valence-corrected chi connectivity index (χ0v) is 9.98. The topological polar surface area (TPSA) is 66.6 Å². The molecule has 0 aromatic carbocycles. The van der Waals surface area contributed by atoms with E-state index in [1.807, 2.05) is 4.90 Å². The lowest BCUT2D eigenvalue weighted by Crippen LogP contribution is -2.56. The van der Waals surface area contributed by atoms with Crippen LogP contribution in [0.25, 0.3) is 0 Å². The van der Waals surface area contributed by atoms with Crippen LogP contribution in [0.5, 0.6) is 0 Å². The van der Waals surface area contributed by atoms with Crippen molar-refractivity contribution in [3.05, 3.63) is 0 Å². The number of aliphatic hydroxyl groups is 1. The third kappa shape index (κ3) is 2.09. The Labute approximate surface area is 96.8 Å². The van der Waals surface area contributed by atoms with Gasteiger partial charge >= 0.3 is 0 Å². The van der Waals surface area contributed by atoms with Crippen molar-refractivity contribution in [2.75, 3.05) is 13.1 Å². The molecule has 1 saturated heterocycles. The standard InChI is InChI=1S/C12H22N2O2/c1-9(13)11(15)14-7-6-12(16)5-3-2-4-10(12)8-14/h9-10,16H,2-8,13H2,1H3. The number of fused-ring (bicyclic) bond motifs is 1. The highest BCUT2D eigenvalue weighted by atomic mass is 16.3. The summed E-state index contributed by atoms with van der Waals surface area (Å²) in [6.07, 6.45) is 4.95. The molecule has 0 aromatic heterocycles. The fraction of sp³-hybridized carbons (Fsp3) is 0.917. The maximum Gasteiger partial charge on any atom is 0.239 e. The third-order valence-corrected chi connectivity index (χ3v) is 4.13. The minimum atomic E-state index is -0.507. The second-order valence-electron chi connectivity index (χ2n) is 5.37. The van der Waals surface area contributed by atoms with Gasteiger partial charge in [-0.15, -0.1) is 0 Å². The highest BCUT2D eigenvalue weighted by Gasteiger charge is 2.43. The molecule has 92 valence electrons. The average molecular weight is 226 g/mol. The van der Waals surface area contributed by atoms with Crippen LogP contribution in [0, 0.1) is 5.92 Å². The first-order valence-corrected chi connectivity index (χ1v) is 6.30. The quantitative estimate of drug-likeness (QED) is 0.683. The van der Waals surface area contributed by atoms with Gasteiger partial charge in [0.15, 0.2) is 0 Å². The molecule has 1 heterocycles. The molecular formula is C12H22N2O2. The van der Waals surface area contributed by atoms with E-state index in [-0.39, 0.29) is 11.8 Å². The van der Waals surface area contributed by atoms with E-state index in [1.165, 1.54) is 6.42 Å². The maximum atomic E-state index is 11.8. The lowest BCUT2D eigenvalue weighted by molar-refractivity contribution is -0.144. The number of likely N-dealkylation sites (tertiary alicyclic amines) is 1. The van der Waals surface area contributed by atoms with Crippen LogP contribution in [0.4, 0.5) is 0 Å². The minimum Gasteiger partial charge on any atom is -0.389 e. The van der Waals surface area contributed by atoms with E-state index in [0.29, 0.717) is 13.1 Å². The largest absolute Gasteiger partial charge is 0.389 e. The number of carbonyl (C=O) groups is 1. The van der Waals surface area contributed by atoms with Gasteiger partial charge in [-0.3, -0.25) is 4.79 Å². The van der Waals surface area contributed by atoms with Gasteiger partial charge in [0.25, 0.3) is 0 Å². The number of hydrogen-bond donors (Lipinski definition) is 2. The smallest absolute Gasteiger partial charge is 0.239 e. The van der Waals surface area contributed by atoms with E-state index in [4.69, 9.17) is 5.73 Å². The number of amides is 1. The Balaban J connectivity index is 2.02. The van der Waals surface area contributed by atoms with Gasteiger partial charge in [-0.1, -0.05) is 12.8 Å². The van der Waals surface area contributed by atoms with E-state index in [2.05, 4.69) is 0 Å². The molecule has 1 aliphatic heterocycles. The molecule has 3 unspecified atom stereocenters. The van der Waals surface area contributed by atoms with Crippen LogP contribution in [0.1, 0.15) is 39.0 Å². The van der Waals surface area contributed by atoms with Gasteiger partial charge < -0.3 is 15.7 Å². The summed E-state index contributed by atoms with van der Waals surface area (Å²) in [6.45, 7) is 3.08. The van der Waals surface area contributed by atoms with Crippen LogP contribution in [-0.2, 0) is 4.79 Å². The number of carbonyl (C=O) groups excluding carboxylic acids is 1. The van der Waals surface area contributed by atoms with Crippen molar-refractivity contribution < 1.29 is 9.90 Å². The lowest BCUT2D eigenvalue weighted by Gasteiger charge is -2.47. The zero-order valence-electron chi connectivity index (χ0n) is 9.98. The molecule has 0 aromatic rings. The molecule has 1 amide bonds. The first kappa shape index (κ1) is 11.9. The fourth-order valence-corrected chi connectivity index (χ4v) is 3.06. The molecule has 1 aliphatic carbocycles. The van der Waals surface area contributed by atoms with Gasteiger partial charge in [-0.2, -0.15) is 0 Å². The highest BCUT2D eigenvalue weighted by Crippen LogP contribution is 2.39. The predicted octanol–water partition coefficient (Wildman–Crippen LogP) is 0.487. The van der Waals surface area contributed by atoms with Crippen molar-refractivity contribution in [3.8, 4) is 0 Å². The Kier molecular flexibility index (Phi) is 3.22. The van der Waals surface area contributed by atoms with Crippen LogP contribution >= 0.6 is 0 Å². The second-order valence-corrected chi connectivity index (χ2v) is 5.37. The summed E-state index contributed by atoms with van der Waals surface area (Å²) < 4.78 is 0. The van der Waals surface area contributed by atoms with E-state index in [1.54, 1.807) is 6.92 Å². The molecule has 0 bridgehead atoms. The van der Waals surface area contributed by atoms with Crippen molar-refractivity contribution in [2.24, 2.45) is 11.7 Å². The molecule has 2 rings (SSSR count). The highest BCUT2D eigenvalue weighted by molar-refractivity contribution is 5.81. The van der Waals surface area contributed by atoms with E-state index in [0.717, 1.165) is 25.7 Å². The van der Waals surface area contributed by atoms with Crippen molar-refractivity contribution in [1.29, 1.82) is 0 Å². The maximum absolute atomic E-state index is 11.8. The summed E-state index contributed by atoms with van der Waals surface area (Å²) in [5, 5.41) is 10.5. The predicted molar refractivity (Wildman–Crippen MR) is 61.8 cm³/mol. The summed E-state index contributed by atoms with van der Waals surface area (Å²) in [4.78, 5) is 13.6. The molecule has 1 saturated carbocycles. The Bertz CT molecular complexity index is 280. The van der Waals surface area contributed by atoms with Crippen molar-refractivity contribution >= 4 is 5.91 Å². The van der Waals surface area contributed by atoms with Gasteiger partial charge in [0, 0.05) is 19.0 Å². The molecule has 16 heavy (non-hydrogen) atoms. The fourth-order valence-electron chi connectivity index (χ4n) is 3.06. The van der Waals surface area contributed by atoms with Gasteiger partial charge in [0.1, 0.15) is 0 Å². The van der Waals surface area contributed by atoms with Crippen molar-refractivity contribution in [2.45, 2.75) is 50.7 Å². The number of nitrogens with zero attached hydrogens (tertiary/aromatic N) is 1. The Morgan fingerprint density at radius 1 is 1.50 bits per heavy atom. The number of piperidine rings is 1. The first-order valence-electron chi connectivity index (χ1n) is 6.30. The zero-order chi connectivity index (χ0) is 11.8.